The number of para-hydroxylation sites is 1. The first-order valence-corrected chi connectivity index (χ1v) is 11.4. The molecule has 0 bridgehead atoms. The van der Waals surface area contributed by atoms with Gasteiger partial charge in [0.15, 0.2) is 11.5 Å². The summed E-state index contributed by atoms with van der Waals surface area (Å²) >= 11 is 0. The Balaban J connectivity index is 0.00000289. The molecule has 0 spiro atoms. The van der Waals surface area contributed by atoms with Gasteiger partial charge in [-0.05, 0) is 55.5 Å². The second kappa shape index (κ2) is 11.9. The number of nitrogens with zero attached hydrogens (tertiary/aromatic N) is 1. The van der Waals surface area contributed by atoms with Crippen LogP contribution in [0.3, 0.4) is 0 Å². The van der Waals surface area contributed by atoms with Gasteiger partial charge in [0.1, 0.15) is 0 Å². The van der Waals surface area contributed by atoms with E-state index in [1.54, 1.807) is 13.2 Å². The SMILES string of the molecule is COc1cccc(CNCCCNc2ccnc3cc(C4CCCCC4)ccc23)c1O.Cl. The lowest BCUT2D eigenvalue weighted by Gasteiger charge is -2.22. The molecular weight excluding hydrogens is 422 g/mol. The van der Waals surface area contributed by atoms with E-state index < -0.39 is 0 Å². The van der Waals surface area contributed by atoms with Gasteiger partial charge in [0.05, 0.1) is 12.6 Å². The van der Waals surface area contributed by atoms with E-state index in [4.69, 9.17) is 4.74 Å². The van der Waals surface area contributed by atoms with Crippen molar-refractivity contribution < 1.29 is 9.84 Å². The lowest BCUT2D eigenvalue weighted by Crippen LogP contribution is -2.18. The van der Waals surface area contributed by atoms with Crippen molar-refractivity contribution in [3.05, 3.63) is 59.8 Å². The normalized spacial score (nSPS) is 14.2. The monoisotopic (exact) mass is 455 g/mol. The van der Waals surface area contributed by atoms with Crippen LogP contribution in [0.4, 0.5) is 5.69 Å². The molecule has 0 unspecified atom stereocenters. The summed E-state index contributed by atoms with van der Waals surface area (Å²) in [7, 11) is 1.57. The number of rotatable bonds is 9. The number of benzene rings is 2. The van der Waals surface area contributed by atoms with E-state index in [0.717, 1.165) is 36.3 Å². The maximum absolute atomic E-state index is 10.2. The van der Waals surface area contributed by atoms with Crippen molar-refractivity contribution in [3.63, 3.8) is 0 Å². The summed E-state index contributed by atoms with van der Waals surface area (Å²) in [5.74, 6) is 1.43. The summed E-state index contributed by atoms with van der Waals surface area (Å²) in [6.45, 7) is 2.35. The standard InChI is InChI=1S/C26H33N3O2.ClH/c1-31-25-10-5-9-21(26(25)30)18-27-14-6-15-28-23-13-16-29-24-17-20(11-12-22(23)24)19-7-3-2-4-8-19;/h5,9-13,16-17,19,27,30H,2-4,6-8,14-15,18H2,1H3,(H,28,29);1H. The van der Waals surface area contributed by atoms with Crippen LogP contribution in [0.15, 0.2) is 48.7 Å². The number of halogens is 1. The largest absolute Gasteiger partial charge is 0.504 e. The maximum Gasteiger partial charge on any atom is 0.162 e. The molecule has 1 aliphatic rings. The van der Waals surface area contributed by atoms with E-state index in [2.05, 4.69) is 39.9 Å². The van der Waals surface area contributed by atoms with Gasteiger partial charge in [0.25, 0.3) is 0 Å². The molecule has 1 aliphatic carbocycles. The van der Waals surface area contributed by atoms with Crippen molar-refractivity contribution in [1.82, 2.24) is 10.3 Å². The Kier molecular flexibility index (Phi) is 9.00. The zero-order valence-corrected chi connectivity index (χ0v) is 19.6. The lowest BCUT2D eigenvalue weighted by atomic mass is 9.84. The number of nitrogens with one attached hydrogen (secondary N) is 2. The van der Waals surface area contributed by atoms with Gasteiger partial charge in [0, 0.05) is 35.9 Å². The van der Waals surface area contributed by atoms with Crippen LogP contribution in [0.5, 0.6) is 11.5 Å². The Morgan fingerprint density at radius 2 is 1.91 bits per heavy atom. The van der Waals surface area contributed by atoms with Gasteiger partial charge in [-0.1, -0.05) is 43.5 Å². The molecule has 0 saturated heterocycles. The number of hydrogen-bond acceptors (Lipinski definition) is 5. The van der Waals surface area contributed by atoms with E-state index >= 15 is 0 Å². The van der Waals surface area contributed by atoms with Gasteiger partial charge in [-0.3, -0.25) is 4.98 Å². The molecule has 6 heteroatoms. The van der Waals surface area contributed by atoms with E-state index in [0.29, 0.717) is 18.2 Å². The Bertz CT molecular complexity index is 1010. The zero-order valence-electron chi connectivity index (χ0n) is 18.8. The predicted octanol–water partition coefficient (Wildman–Crippen LogP) is 6.01. The fourth-order valence-electron chi connectivity index (χ4n) is 4.54. The number of phenols is 1. The molecule has 0 aliphatic heterocycles. The smallest absolute Gasteiger partial charge is 0.162 e. The Hall–Kier alpha value is -2.50. The van der Waals surface area contributed by atoms with E-state index in [-0.39, 0.29) is 18.2 Å². The summed E-state index contributed by atoms with van der Waals surface area (Å²) in [4.78, 5) is 4.62. The van der Waals surface area contributed by atoms with Crippen LogP contribution in [-0.4, -0.2) is 30.3 Å². The van der Waals surface area contributed by atoms with Crippen LogP contribution < -0.4 is 15.4 Å². The van der Waals surface area contributed by atoms with Gasteiger partial charge < -0.3 is 20.5 Å². The van der Waals surface area contributed by atoms with E-state index in [9.17, 15) is 5.11 Å². The second-order valence-corrected chi connectivity index (χ2v) is 8.40. The first-order chi connectivity index (χ1) is 15.3. The minimum Gasteiger partial charge on any atom is -0.504 e. The third-order valence-corrected chi connectivity index (χ3v) is 6.31. The molecule has 0 radical (unpaired) electrons. The Morgan fingerprint density at radius 1 is 1.06 bits per heavy atom. The number of pyridine rings is 1. The molecule has 0 atom stereocenters. The van der Waals surface area contributed by atoms with Crippen molar-refractivity contribution in [2.75, 3.05) is 25.5 Å². The first-order valence-electron chi connectivity index (χ1n) is 11.4. The summed E-state index contributed by atoms with van der Waals surface area (Å²) in [6, 6.07) is 14.5. The summed E-state index contributed by atoms with van der Waals surface area (Å²) < 4.78 is 5.16. The minimum atomic E-state index is 0. The lowest BCUT2D eigenvalue weighted by molar-refractivity contribution is 0.369. The van der Waals surface area contributed by atoms with Gasteiger partial charge in [-0.15, -0.1) is 12.4 Å². The number of aromatic nitrogens is 1. The molecule has 1 fully saturated rings. The van der Waals surface area contributed by atoms with Crippen molar-refractivity contribution in [2.45, 2.75) is 51.0 Å². The van der Waals surface area contributed by atoms with Crippen LogP contribution in [0.25, 0.3) is 10.9 Å². The average molecular weight is 456 g/mol. The molecule has 0 amide bonds. The third kappa shape index (κ3) is 5.84. The molecular formula is C26H34ClN3O2. The minimum absolute atomic E-state index is 0. The van der Waals surface area contributed by atoms with Crippen molar-refractivity contribution in [3.8, 4) is 11.5 Å². The number of hydrogen-bond donors (Lipinski definition) is 3. The molecule has 32 heavy (non-hydrogen) atoms. The molecule has 172 valence electrons. The number of methoxy groups -OCH3 is 1. The summed E-state index contributed by atoms with van der Waals surface area (Å²) in [6.07, 6.45) is 9.58. The van der Waals surface area contributed by atoms with E-state index in [1.165, 1.54) is 43.1 Å². The van der Waals surface area contributed by atoms with Crippen molar-refractivity contribution >= 4 is 29.0 Å². The molecule has 3 aromatic rings. The Morgan fingerprint density at radius 3 is 2.72 bits per heavy atom. The average Bonchev–Trinajstić information content (AvgIpc) is 2.82. The highest BCUT2D eigenvalue weighted by Gasteiger charge is 2.16. The molecule has 1 saturated carbocycles. The highest BCUT2D eigenvalue weighted by atomic mass is 35.5. The molecule has 3 N–H and O–H groups in total. The predicted molar refractivity (Wildman–Crippen MR) is 134 cm³/mol. The fourth-order valence-corrected chi connectivity index (χ4v) is 4.54. The summed E-state index contributed by atoms with van der Waals surface area (Å²) in [5, 5.41) is 18.3. The maximum atomic E-state index is 10.2. The van der Waals surface area contributed by atoms with Crippen LogP contribution in [-0.2, 0) is 6.54 Å². The van der Waals surface area contributed by atoms with Crippen LogP contribution in [0, 0.1) is 0 Å². The van der Waals surface area contributed by atoms with Gasteiger partial charge in [-0.2, -0.15) is 0 Å². The zero-order chi connectivity index (χ0) is 21.5. The topological polar surface area (TPSA) is 66.4 Å². The van der Waals surface area contributed by atoms with Gasteiger partial charge in [0.2, 0.25) is 0 Å². The fraction of sp³-hybridized carbons (Fsp3) is 0.423. The van der Waals surface area contributed by atoms with Crippen LogP contribution in [0.2, 0.25) is 0 Å². The number of anilines is 1. The van der Waals surface area contributed by atoms with Gasteiger partial charge >= 0.3 is 0 Å². The highest BCUT2D eigenvalue weighted by Crippen LogP contribution is 2.34. The molecule has 4 rings (SSSR count). The molecule has 1 aromatic heterocycles. The van der Waals surface area contributed by atoms with Crippen molar-refractivity contribution in [2.24, 2.45) is 0 Å². The Labute approximate surface area is 197 Å². The molecule has 1 heterocycles. The van der Waals surface area contributed by atoms with Crippen LogP contribution in [0.1, 0.15) is 55.6 Å². The highest BCUT2D eigenvalue weighted by molar-refractivity contribution is 5.91. The van der Waals surface area contributed by atoms with E-state index in [1.807, 2.05) is 18.3 Å². The van der Waals surface area contributed by atoms with Gasteiger partial charge in [-0.25, -0.2) is 0 Å². The number of phenolic OH excluding ortho intramolecular Hbond substituents is 1. The third-order valence-electron chi connectivity index (χ3n) is 6.31. The number of aromatic hydroxyl groups is 1. The quantitative estimate of drug-likeness (QED) is 0.345. The molecule has 5 nitrogen and oxygen atoms in total. The van der Waals surface area contributed by atoms with Crippen molar-refractivity contribution in [1.29, 1.82) is 0 Å². The first kappa shape index (κ1) is 24.1. The summed E-state index contributed by atoms with van der Waals surface area (Å²) in [5.41, 5.74) is 4.52. The van der Waals surface area contributed by atoms with Crippen LogP contribution >= 0.6 is 12.4 Å². The second-order valence-electron chi connectivity index (χ2n) is 8.40. The number of fused-ring (bicyclic) bond motifs is 1. The molecule has 2 aromatic carbocycles. The number of ether oxygens (including phenoxy) is 1.